The van der Waals surface area contributed by atoms with Crippen molar-refractivity contribution < 1.29 is 14.3 Å². The molecule has 0 saturated carbocycles. The molecule has 92 valence electrons. The maximum Gasteiger partial charge on any atom is 0.409 e. The van der Waals surface area contributed by atoms with Crippen molar-refractivity contribution in [3.63, 3.8) is 0 Å². The predicted octanol–water partition coefficient (Wildman–Crippen LogP) is 3.73. The fraction of sp³-hybridized carbons (Fsp3) is 0.111. The number of anilines is 1. The quantitative estimate of drug-likeness (QED) is 0.668. The lowest BCUT2D eigenvalue weighted by atomic mass is 10.3. The smallest absolute Gasteiger partial charge is 0.409 e. The zero-order valence-corrected chi connectivity index (χ0v) is 11.1. The van der Waals surface area contributed by atoms with Crippen molar-refractivity contribution in [1.29, 1.82) is 0 Å². The first kappa shape index (κ1) is 14.4. The third kappa shape index (κ3) is 5.00. The van der Waals surface area contributed by atoms with E-state index < -0.39 is 15.1 Å². The lowest BCUT2D eigenvalue weighted by Gasteiger charge is -2.11. The van der Waals surface area contributed by atoms with Gasteiger partial charge < -0.3 is 10.1 Å². The van der Waals surface area contributed by atoms with Crippen molar-refractivity contribution in [2.75, 3.05) is 5.32 Å². The molecule has 0 fully saturated rings. The van der Waals surface area contributed by atoms with Crippen LogP contribution >= 0.6 is 46.4 Å². The molecule has 1 aromatic carbocycles. The number of rotatable bonds is 2. The molecule has 1 aromatic rings. The van der Waals surface area contributed by atoms with Gasteiger partial charge in [0.05, 0.1) is 0 Å². The van der Waals surface area contributed by atoms with E-state index in [1.807, 2.05) is 0 Å². The zero-order chi connectivity index (χ0) is 13.1. The molecule has 17 heavy (non-hydrogen) atoms. The van der Waals surface area contributed by atoms with Crippen molar-refractivity contribution in [2.45, 2.75) is 3.79 Å². The molecule has 0 saturated heterocycles. The maximum absolute atomic E-state index is 11.3. The first-order valence-electron chi connectivity index (χ1n) is 4.14. The minimum atomic E-state index is -2.07. The van der Waals surface area contributed by atoms with E-state index in [0.29, 0.717) is 5.69 Å². The molecule has 8 heteroatoms. The number of carbonyl (C=O) groups is 2. The Morgan fingerprint density at radius 2 is 1.88 bits per heavy atom. The molecule has 1 N–H and O–H groups in total. The van der Waals surface area contributed by atoms with Crippen molar-refractivity contribution in [3.05, 3.63) is 24.3 Å². The fourth-order valence-corrected chi connectivity index (χ4v) is 1.16. The minimum Gasteiger partial charge on any atom is -0.414 e. The van der Waals surface area contributed by atoms with Crippen LogP contribution in [0.25, 0.3) is 0 Å². The van der Waals surface area contributed by atoms with E-state index >= 15 is 0 Å². The highest BCUT2D eigenvalue weighted by molar-refractivity contribution is 6.76. The molecular formula is C9H5Cl4NO3. The first-order chi connectivity index (χ1) is 7.79. The molecule has 0 aliphatic carbocycles. The van der Waals surface area contributed by atoms with Crippen molar-refractivity contribution in [3.8, 4) is 5.75 Å². The Hall–Kier alpha value is -0.680. The topological polar surface area (TPSA) is 55.4 Å². The van der Waals surface area contributed by atoms with Crippen molar-refractivity contribution in [1.82, 2.24) is 0 Å². The third-order valence-electron chi connectivity index (χ3n) is 1.55. The van der Waals surface area contributed by atoms with Crippen LogP contribution in [0.2, 0.25) is 0 Å². The number of carbonyl (C=O) groups excluding carboxylic acids is 2. The Morgan fingerprint density at radius 3 is 2.41 bits per heavy atom. The van der Waals surface area contributed by atoms with E-state index in [1.165, 1.54) is 24.3 Å². The number of hydrogen-bond donors (Lipinski definition) is 1. The summed E-state index contributed by atoms with van der Waals surface area (Å²) in [6.07, 6.45) is 0. The van der Waals surface area contributed by atoms with Gasteiger partial charge in [-0.3, -0.25) is 4.79 Å². The van der Waals surface area contributed by atoms with Crippen molar-refractivity contribution in [2.24, 2.45) is 0 Å². The highest BCUT2D eigenvalue weighted by Gasteiger charge is 2.30. The summed E-state index contributed by atoms with van der Waals surface area (Å²) in [6, 6.07) is 5.89. The normalized spacial score (nSPS) is 10.8. The van der Waals surface area contributed by atoms with Gasteiger partial charge in [0.2, 0.25) is 0 Å². The molecule has 0 heterocycles. The van der Waals surface area contributed by atoms with Crippen LogP contribution < -0.4 is 10.1 Å². The summed E-state index contributed by atoms with van der Waals surface area (Å²) in [7, 11) is 0. The summed E-state index contributed by atoms with van der Waals surface area (Å²) >= 11 is 21.1. The van der Waals surface area contributed by atoms with E-state index in [2.05, 4.69) is 10.1 Å². The number of alkyl halides is 3. The molecule has 0 bridgehead atoms. The molecule has 0 aliphatic rings. The number of amides is 1. The first-order valence-corrected chi connectivity index (χ1v) is 5.66. The van der Waals surface area contributed by atoms with Crippen LogP contribution in [0.3, 0.4) is 0 Å². The van der Waals surface area contributed by atoms with Gasteiger partial charge in [-0.05, 0) is 12.1 Å². The van der Waals surface area contributed by atoms with Crippen LogP contribution in [-0.2, 0) is 4.79 Å². The predicted molar refractivity (Wildman–Crippen MR) is 67.2 cm³/mol. The summed E-state index contributed by atoms with van der Waals surface area (Å²) in [6.45, 7) is 0. The van der Waals surface area contributed by atoms with E-state index in [4.69, 9.17) is 46.4 Å². The second-order valence-corrected chi connectivity index (χ2v) is 5.41. The summed E-state index contributed by atoms with van der Waals surface area (Å²) in [5.41, 5.74) is -0.688. The lowest BCUT2D eigenvalue weighted by molar-refractivity contribution is -0.115. The summed E-state index contributed by atoms with van der Waals surface area (Å²) in [4.78, 5) is 21.8. The Labute approximate surface area is 117 Å². The number of hydrogen-bond acceptors (Lipinski definition) is 3. The number of halogens is 4. The summed E-state index contributed by atoms with van der Waals surface area (Å²) in [5.74, 6) is -0.663. The Balaban J connectivity index is 2.79. The van der Waals surface area contributed by atoms with Crippen LogP contribution in [0, 0.1) is 0 Å². The zero-order valence-electron chi connectivity index (χ0n) is 8.05. The Kier molecular flexibility index (Phi) is 4.89. The van der Waals surface area contributed by atoms with Crippen LogP contribution in [-0.4, -0.2) is 15.1 Å². The second-order valence-electron chi connectivity index (χ2n) is 2.82. The maximum atomic E-state index is 11.3. The van der Waals surface area contributed by atoms with E-state index in [-0.39, 0.29) is 5.75 Å². The molecular weight excluding hydrogens is 312 g/mol. The highest BCUT2D eigenvalue weighted by atomic mass is 35.6. The molecule has 0 radical (unpaired) electrons. The van der Waals surface area contributed by atoms with Crippen LogP contribution in [0.5, 0.6) is 5.75 Å². The van der Waals surface area contributed by atoms with Gasteiger partial charge in [-0.2, -0.15) is 0 Å². The van der Waals surface area contributed by atoms with E-state index in [0.717, 1.165) is 0 Å². The van der Waals surface area contributed by atoms with Gasteiger partial charge in [0, 0.05) is 23.4 Å². The largest absolute Gasteiger partial charge is 0.414 e. The van der Waals surface area contributed by atoms with Crippen LogP contribution in [0.4, 0.5) is 10.5 Å². The molecule has 0 unspecified atom stereocenters. The average Bonchev–Trinajstić information content (AvgIpc) is 2.15. The lowest BCUT2D eigenvalue weighted by Crippen LogP contribution is -2.26. The molecule has 0 aromatic heterocycles. The van der Waals surface area contributed by atoms with Crippen LogP contribution in [0.1, 0.15) is 0 Å². The molecule has 1 rings (SSSR count). The van der Waals surface area contributed by atoms with Crippen LogP contribution in [0.15, 0.2) is 24.3 Å². The van der Waals surface area contributed by atoms with Gasteiger partial charge in [-0.25, -0.2) is 4.79 Å². The number of ether oxygens (including phenoxy) is 1. The Bertz CT molecular complexity index is 444. The van der Waals surface area contributed by atoms with E-state index in [1.54, 1.807) is 0 Å². The fourth-order valence-electron chi connectivity index (χ4n) is 0.932. The average molecular weight is 317 g/mol. The van der Waals surface area contributed by atoms with Gasteiger partial charge in [0.15, 0.2) is 0 Å². The molecule has 0 aliphatic heterocycles. The number of nitrogens with one attached hydrogen (secondary N) is 1. The second kappa shape index (κ2) is 5.78. The molecule has 0 atom stereocenters. The van der Waals surface area contributed by atoms with Gasteiger partial charge in [0.1, 0.15) is 5.75 Å². The van der Waals surface area contributed by atoms with E-state index in [9.17, 15) is 9.59 Å². The van der Waals surface area contributed by atoms with Gasteiger partial charge >= 0.3 is 5.43 Å². The summed E-state index contributed by atoms with van der Waals surface area (Å²) < 4.78 is 2.53. The molecule has 1 amide bonds. The van der Waals surface area contributed by atoms with Gasteiger partial charge in [-0.1, -0.05) is 40.9 Å². The number of benzene rings is 1. The standard InChI is InChI=1S/C9H5Cl4NO3/c10-8(16)17-6-3-1-2-5(4-6)14-7(15)9(11,12)13/h1-4H,(H,14,15). The third-order valence-corrected chi connectivity index (χ3v) is 2.14. The summed E-state index contributed by atoms with van der Waals surface area (Å²) in [5, 5.41) is 2.33. The molecule has 0 spiro atoms. The SMILES string of the molecule is O=C(Cl)Oc1cccc(NC(=O)C(Cl)(Cl)Cl)c1. The monoisotopic (exact) mass is 315 g/mol. The van der Waals surface area contributed by atoms with Gasteiger partial charge in [-0.15, -0.1) is 0 Å². The van der Waals surface area contributed by atoms with Gasteiger partial charge in [0.25, 0.3) is 9.70 Å². The minimum absolute atomic E-state index is 0.159. The molecule has 4 nitrogen and oxygen atoms in total. The Morgan fingerprint density at radius 1 is 1.24 bits per heavy atom. The highest BCUT2D eigenvalue weighted by Crippen LogP contribution is 2.28. The van der Waals surface area contributed by atoms with Crippen molar-refractivity contribution >= 4 is 63.4 Å².